The number of esters is 1. The highest BCUT2D eigenvalue weighted by atomic mass is 32.2. The molecule has 156 valence electrons. The zero-order valence-corrected chi connectivity index (χ0v) is 18.8. The van der Waals surface area contributed by atoms with Crippen LogP contribution < -0.4 is 10.6 Å². The maximum atomic E-state index is 12.7. The summed E-state index contributed by atoms with van der Waals surface area (Å²) < 4.78 is 5.78. The van der Waals surface area contributed by atoms with E-state index in [0.717, 1.165) is 29.7 Å². The van der Waals surface area contributed by atoms with Crippen LogP contribution in [0, 0.1) is 0 Å². The van der Waals surface area contributed by atoms with Crippen LogP contribution in [0.15, 0.2) is 4.34 Å². The molecule has 2 aromatic rings. The van der Waals surface area contributed by atoms with E-state index in [1.807, 2.05) is 0 Å². The van der Waals surface area contributed by atoms with Crippen LogP contribution in [0.5, 0.6) is 0 Å². The minimum absolute atomic E-state index is 0.138. The molecule has 0 aliphatic heterocycles. The molecular weight excluding hydrogens is 432 g/mol. The Morgan fingerprint density at radius 2 is 1.97 bits per heavy atom. The zero-order valence-electron chi connectivity index (χ0n) is 16.4. The second kappa shape index (κ2) is 9.68. The molecule has 0 saturated heterocycles. The zero-order chi connectivity index (χ0) is 21.0. The van der Waals surface area contributed by atoms with Crippen molar-refractivity contribution in [3.8, 4) is 0 Å². The average Bonchev–Trinajstić information content (AvgIpc) is 3.38. The Labute approximate surface area is 180 Å². The van der Waals surface area contributed by atoms with Crippen LogP contribution in [0.3, 0.4) is 0 Å². The fourth-order valence-electron chi connectivity index (χ4n) is 2.85. The third kappa shape index (κ3) is 5.14. The molecule has 2 heterocycles. The first-order valence-corrected chi connectivity index (χ1v) is 11.9. The summed E-state index contributed by atoms with van der Waals surface area (Å²) in [5, 5.41) is 14.0. The molecule has 2 N–H and O–H groups in total. The number of carbonyl (C=O) groups is 3. The largest absolute Gasteiger partial charge is 0.462 e. The van der Waals surface area contributed by atoms with Gasteiger partial charge >= 0.3 is 5.97 Å². The molecule has 1 atom stereocenters. The van der Waals surface area contributed by atoms with Crippen molar-refractivity contribution < 1.29 is 19.1 Å². The van der Waals surface area contributed by atoms with Crippen LogP contribution in [0.2, 0.25) is 0 Å². The fourth-order valence-corrected chi connectivity index (χ4v) is 6.04. The minimum atomic E-state index is -0.454. The molecule has 2 aromatic heterocycles. The lowest BCUT2D eigenvalue weighted by Gasteiger charge is -2.11. The van der Waals surface area contributed by atoms with Crippen molar-refractivity contribution in [2.75, 3.05) is 17.2 Å². The molecule has 1 aliphatic carbocycles. The Bertz CT molecular complexity index is 924. The first-order chi connectivity index (χ1) is 13.9. The first-order valence-electron chi connectivity index (χ1n) is 9.35. The topological polar surface area (TPSA) is 110 Å². The Balaban J connectivity index is 1.67. The lowest BCUT2D eigenvalue weighted by atomic mass is 10.1. The number of aromatic nitrogens is 2. The molecule has 8 nitrogen and oxygen atoms in total. The summed E-state index contributed by atoms with van der Waals surface area (Å²) >= 11 is 3.92. The fraction of sp³-hybridized carbons (Fsp3) is 0.500. The van der Waals surface area contributed by atoms with Gasteiger partial charge < -0.3 is 15.4 Å². The molecule has 29 heavy (non-hydrogen) atoms. The van der Waals surface area contributed by atoms with Crippen LogP contribution in [-0.2, 0) is 27.2 Å². The molecule has 1 unspecified atom stereocenters. The number of anilines is 2. The number of carbonyl (C=O) groups excluding carboxylic acids is 3. The number of thioether (sulfide) groups is 1. The predicted octanol–water partition coefficient (Wildman–Crippen LogP) is 3.73. The van der Waals surface area contributed by atoms with Gasteiger partial charge in [-0.25, -0.2) is 4.79 Å². The van der Waals surface area contributed by atoms with Crippen molar-refractivity contribution in [1.29, 1.82) is 0 Å². The molecule has 3 rings (SSSR count). The van der Waals surface area contributed by atoms with E-state index in [-0.39, 0.29) is 24.4 Å². The molecule has 0 aromatic carbocycles. The van der Waals surface area contributed by atoms with Crippen molar-refractivity contribution >= 4 is 62.4 Å². The van der Waals surface area contributed by atoms with Crippen molar-refractivity contribution in [2.45, 2.75) is 56.0 Å². The van der Waals surface area contributed by atoms with E-state index in [1.54, 1.807) is 20.8 Å². The summed E-state index contributed by atoms with van der Waals surface area (Å²) in [6.45, 7) is 5.57. The van der Waals surface area contributed by atoms with Crippen molar-refractivity contribution in [3.63, 3.8) is 0 Å². The quantitative estimate of drug-likeness (QED) is 0.355. The smallest absolute Gasteiger partial charge is 0.341 e. The summed E-state index contributed by atoms with van der Waals surface area (Å²) in [4.78, 5) is 37.7. The molecule has 2 amide bonds. The maximum Gasteiger partial charge on any atom is 0.341 e. The van der Waals surface area contributed by atoms with E-state index in [9.17, 15) is 14.4 Å². The van der Waals surface area contributed by atoms with Crippen molar-refractivity contribution in [2.24, 2.45) is 0 Å². The highest BCUT2D eigenvalue weighted by Crippen LogP contribution is 2.40. The van der Waals surface area contributed by atoms with E-state index < -0.39 is 5.25 Å². The molecule has 0 radical (unpaired) electrons. The van der Waals surface area contributed by atoms with Crippen LogP contribution in [0.25, 0.3) is 0 Å². The molecule has 0 fully saturated rings. The highest BCUT2D eigenvalue weighted by molar-refractivity contribution is 8.02. The van der Waals surface area contributed by atoms with Gasteiger partial charge in [0.15, 0.2) is 4.34 Å². The molecule has 11 heteroatoms. The molecule has 0 bridgehead atoms. The second-order valence-corrected chi connectivity index (χ2v) is 9.98. The number of fused-ring (bicyclic) bond motifs is 1. The number of aryl methyl sites for hydroxylation is 1. The normalized spacial score (nSPS) is 13.6. The summed E-state index contributed by atoms with van der Waals surface area (Å²) in [6, 6.07) is 0. The third-order valence-electron chi connectivity index (χ3n) is 4.26. The van der Waals surface area contributed by atoms with Crippen LogP contribution in [0.1, 0.15) is 54.4 Å². The van der Waals surface area contributed by atoms with Crippen molar-refractivity contribution in [1.82, 2.24) is 10.2 Å². The summed E-state index contributed by atoms with van der Waals surface area (Å²) in [7, 11) is 0. The monoisotopic (exact) mass is 454 g/mol. The maximum absolute atomic E-state index is 12.7. The Morgan fingerprint density at radius 1 is 1.17 bits per heavy atom. The second-order valence-electron chi connectivity index (χ2n) is 6.31. The molecule has 0 spiro atoms. The van der Waals surface area contributed by atoms with E-state index in [4.69, 9.17) is 4.74 Å². The van der Waals surface area contributed by atoms with Gasteiger partial charge in [-0.05, 0) is 38.7 Å². The van der Waals surface area contributed by atoms with E-state index in [1.165, 1.54) is 34.4 Å². The van der Waals surface area contributed by atoms with E-state index >= 15 is 0 Å². The number of nitrogens with zero attached hydrogens (tertiary/aromatic N) is 2. The molecule has 1 aliphatic rings. The summed E-state index contributed by atoms with van der Waals surface area (Å²) in [5.74, 6) is -0.751. The molecule has 0 saturated carbocycles. The van der Waals surface area contributed by atoms with Gasteiger partial charge in [-0.3, -0.25) is 9.59 Å². The Hall–Kier alpha value is -1.98. The lowest BCUT2D eigenvalue weighted by Crippen LogP contribution is -2.23. The predicted molar refractivity (Wildman–Crippen MR) is 115 cm³/mol. The van der Waals surface area contributed by atoms with Gasteiger partial charge in [0.25, 0.3) is 0 Å². The molecular formula is C18H22N4O4S3. The number of hydrogen-bond acceptors (Lipinski definition) is 9. The van der Waals surface area contributed by atoms with Crippen LogP contribution >= 0.6 is 34.4 Å². The van der Waals surface area contributed by atoms with Crippen LogP contribution in [-0.4, -0.2) is 39.8 Å². The standard InChI is InChI=1S/C18H22N4O4S3/c1-4-12(23)19-17-21-22-18(29-17)27-9(3)14(24)20-15-13(16(25)26-5-2)10-7-6-8-11(10)28-15/h9H,4-8H2,1-3H3,(H,20,24)(H,19,21,23). The average molecular weight is 455 g/mol. The Morgan fingerprint density at radius 3 is 2.69 bits per heavy atom. The van der Waals surface area contributed by atoms with Gasteiger partial charge in [0.1, 0.15) is 5.00 Å². The van der Waals surface area contributed by atoms with Crippen molar-refractivity contribution in [3.05, 3.63) is 16.0 Å². The lowest BCUT2D eigenvalue weighted by molar-refractivity contribution is -0.116. The number of thiophene rings is 1. The van der Waals surface area contributed by atoms with Gasteiger partial charge in [0.05, 0.1) is 17.4 Å². The van der Waals surface area contributed by atoms with Gasteiger partial charge in [-0.15, -0.1) is 21.5 Å². The number of hydrogen-bond donors (Lipinski definition) is 2. The highest BCUT2D eigenvalue weighted by Gasteiger charge is 2.29. The minimum Gasteiger partial charge on any atom is -0.462 e. The number of rotatable bonds is 8. The number of nitrogens with one attached hydrogen (secondary N) is 2. The van der Waals surface area contributed by atoms with E-state index in [0.29, 0.717) is 26.5 Å². The van der Waals surface area contributed by atoms with Crippen LogP contribution in [0.4, 0.5) is 10.1 Å². The number of ether oxygens (including phenoxy) is 1. The SMILES string of the molecule is CCOC(=O)c1c(NC(=O)C(C)Sc2nnc(NC(=O)CC)s2)sc2c1CCC2. The summed E-state index contributed by atoms with van der Waals surface area (Å²) in [6.07, 6.45) is 3.12. The third-order valence-corrected chi connectivity index (χ3v) is 7.49. The Kier molecular flexibility index (Phi) is 7.25. The number of amides is 2. The van der Waals surface area contributed by atoms with Gasteiger partial charge in [0, 0.05) is 11.3 Å². The van der Waals surface area contributed by atoms with Gasteiger partial charge in [-0.1, -0.05) is 30.0 Å². The first kappa shape index (κ1) is 21.7. The summed E-state index contributed by atoms with van der Waals surface area (Å²) in [5.41, 5.74) is 1.50. The van der Waals surface area contributed by atoms with Gasteiger partial charge in [-0.2, -0.15) is 0 Å². The van der Waals surface area contributed by atoms with E-state index in [2.05, 4.69) is 20.8 Å². The van der Waals surface area contributed by atoms with Gasteiger partial charge in [0.2, 0.25) is 16.9 Å².